The fraction of sp³-hybridized carbons (Fsp3) is 0.698. The molecule has 2 aromatic heterocycles. The average molecular weight is 1090 g/mol. The molecule has 72 heavy (non-hydrogen) atoms. The van der Waals surface area contributed by atoms with Crippen molar-refractivity contribution in [1.82, 2.24) is 30.2 Å². The van der Waals surface area contributed by atoms with Crippen molar-refractivity contribution in [3.63, 3.8) is 0 Å². The number of nitrogen functional groups attached to an aromatic ring is 1. The van der Waals surface area contributed by atoms with Gasteiger partial charge in [0.2, 0.25) is 16.9 Å². The number of aromatic nitrogens is 4. The third-order valence-corrected chi connectivity index (χ3v) is 19.2. The van der Waals surface area contributed by atoms with Crippen LogP contribution in [-0.4, -0.2) is 109 Å². The number of nitrogens with zero attached hydrogens (tertiary/aromatic N) is 4. The zero-order chi connectivity index (χ0) is 52.8. The van der Waals surface area contributed by atoms with Gasteiger partial charge in [-0.15, -0.1) is 0 Å². The number of rotatable bonds is 20. The minimum absolute atomic E-state index is 0.0225. The first-order valence-electron chi connectivity index (χ1n) is 23.5. The molecule has 3 heterocycles. The van der Waals surface area contributed by atoms with Gasteiger partial charge < -0.3 is 69.0 Å². The van der Waals surface area contributed by atoms with Crippen molar-refractivity contribution in [1.29, 1.82) is 0 Å². The number of phosphoric acid groups is 3. The Morgan fingerprint density at radius 3 is 2.42 bits per heavy atom. The van der Waals surface area contributed by atoms with E-state index in [-0.39, 0.29) is 58.2 Å². The maximum absolute atomic E-state index is 13.5. The molecule has 5 aliphatic rings. The van der Waals surface area contributed by atoms with Crippen LogP contribution < -0.4 is 35.9 Å². The summed E-state index contributed by atoms with van der Waals surface area (Å²) < 4.78 is 61.1. The predicted molar refractivity (Wildman–Crippen MR) is 248 cm³/mol. The number of phosphoric ester groups is 3. The Morgan fingerprint density at radius 2 is 1.69 bits per heavy atom. The number of carbonyl (C=O) groups excluding carboxylic acids is 4. The number of ketones is 1. The number of hydrogen-bond donors (Lipinski definition) is 5. The fourth-order valence-corrected chi connectivity index (χ4v) is 14.9. The number of imidazole rings is 1. The zero-order valence-electron chi connectivity index (χ0n) is 40.3. The maximum Gasteiger partial charge on any atom is 0.274 e. The van der Waals surface area contributed by atoms with E-state index in [1.54, 1.807) is 0 Å². The lowest BCUT2D eigenvalue weighted by molar-refractivity contribution is -0.347. The van der Waals surface area contributed by atoms with Gasteiger partial charge in [-0.1, -0.05) is 50.6 Å². The largest absolute Gasteiger partial charge is 0.790 e. The summed E-state index contributed by atoms with van der Waals surface area (Å²) in [7, 11) is -17.7. The molecule has 2 amide bonds. The Balaban J connectivity index is 0.815. The number of hydrogen-bond acceptors (Lipinski definition) is 23. The molecule has 6 N–H and O–H groups in total. The standard InChI is InChI=1S/C43H64N7O18P3S/c1-23(27-8-9-28-26-7-6-24-18-25(51)10-13-42(24,4)29(26)11-14-43(27,28)5)40(56)72-17-16-45-31(52)12-15-46-38(55)35(54)41(2,3)20-65-71(62,63)68-70(60,61)64-19-30-34(67-69(57,58)59)33(53)39(66-30)50-22-49-32-36(44)47-21-48-37(32)50/h18,21-22,26,28-30,33-35,39,53-54H,6-17,19-20H2,1-5H3,(H,45,52)(H,46,55)(H,60,61)(H,62,63)(H2,44,47,48)(H2,57,58,59)/p-4/t26-,28-,29-,30+,33+,34+,35-,39+,42-,43+/m0/s1. The van der Waals surface area contributed by atoms with E-state index in [0.717, 1.165) is 79.5 Å². The number of aliphatic hydroxyl groups is 2. The average Bonchev–Trinajstić information content (AvgIpc) is 3.98. The van der Waals surface area contributed by atoms with Crippen LogP contribution in [0.25, 0.3) is 11.2 Å². The number of thioether (sulfide) groups is 1. The van der Waals surface area contributed by atoms with E-state index in [2.05, 4.69) is 57.3 Å². The SMILES string of the molecule is CC(C(=O)SCCNC(=O)CCNC(=O)[C@H](O)C(C)(C)COP(=O)([O-])OP(=O)([O-])OC[C@H]1O[C@@H](n2cnc3c(N)ncnc32)[C@H](O)[C@@H]1OP(=O)([O-])[O-])=C1CC[C@H]2[C@@H]3CCC4=CC(=O)CC[C@]4(C)[C@H]3CC[C@]12C. The highest BCUT2D eigenvalue weighted by Crippen LogP contribution is 2.67. The van der Waals surface area contributed by atoms with Gasteiger partial charge >= 0.3 is 0 Å². The second kappa shape index (κ2) is 21.7. The van der Waals surface area contributed by atoms with Crippen molar-refractivity contribution in [2.75, 3.05) is 37.8 Å². The van der Waals surface area contributed by atoms with Crippen molar-refractivity contribution in [3.05, 3.63) is 35.4 Å². The van der Waals surface area contributed by atoms with Crippen molar-refractivity contribution >= 4 is 74.9 Å². The molecule has 2 aromatic rings. The van der Waals surface area contributed by atoms with Crippen LogP contribution in [0, 0.1) is 34.0 Å². The smallest absolute Gasteiger partial charge is 0.274 e. The third-order valence-electron chi connectivity index (χ3n) is 15.2. The summed E-state index contributed by atoms with van der Waals surface area (Å²) in [4.78, 5) is 111. The van der Waals surface area contributed by atoms with Gasteiger partial charge in [-0.05, 0) is 86.5 Å². The number of nitrogens with two attached hydrogens (primary N) is 1. The summed E-state index contributed by atoms with van der Waals surface area (Å²) in [5, 5.41) is 26.6. The Hall–Kier alpha value is -3.29. The minimum Gasteiger partial charge on any atom is -0.790 e. The van der Waals surface area contributed by atoms with Crippen LogP contribution in [0.2, 0.25) is 0 Å². The molecule has 4 fully saturated rings. The molecular formula is C43H60N7O18P3S-4. The molecule has 1 aliphatic heterocycles. The third kappa shape index (κ3) is 12.4. The van der Waals surface area contributed by atoms with Gasteiger partial charge in [0.15, 0.2) is 23.5 Å². The fourth-order valence-electron chi connectivity index (χ4n) is 11.5. The van der Waals surface area contributed by atoms with E-state index in [0.29, 0.717) is 29.9 Å². The van der Waals surface area contributed by atoms with E-state index in [9.17, 15) is 62.7 Å². The first-order chi connectivity index (χ1) is 33.6. The minimum atomic E-state index is -5.94. The van der Waals surface area contributed by atoms with E-state index in [4.69, 9.17) is 10.5 Å². The van der Waals surface area contributed by atoms with Crippen LogP contribution in [0.4, 0.5) is 5.82 Å². The Labute approximate surface area is 419 Å². The second-order valence-corrected chi connectivity index (χ2v) is 25.3. The molecule has 3 saturated carbocycles. The molecule has 25 nitrogen and oxygen atoms in total. The monoisotopic (exact) mass is 1090 g/mol. The van der Waals surface area contributed by atoms with Gasteiger partial charge in [0.25, 0.3) is 15.6 Å². The first kappa shape index (κ1) is 56.4. The predicted octanol–water partition coefficient (Wildman–Crippen LogP) is 0.985. The van der Waals surface area contributed by atoms with Crippen LogP contribution in [0.15, 0.2) is 35.4 Å². The number of carbonyl (C=O) groups is 4. The van der Waals surface area contributed by atoms with Gasteiger partial charge in [-0.25, -0.2) is 19.3 Å². The Bertz CT molecular complexity index is 2650. The van der Waals surface area contributed by atoms with Crippen molar-refractivity contribution in [2.24, 2.45) is 34.0 Å². The van der Waals surface area contributed by atoms with E-state index < -0.39 is 84.6 Å². The summed E-state index contributed by atoms with van der Waals surface area (Å²) in [6.07, 6.45) is 1.85. The van der Waals surface area contributed by atoms with Crippen LogP contribution in [0.5, 0.6) is 0 Å². The van der Waals surface area contributed by atoms with Crippen molar-refractivity contribution in [2.45, 2.75) is 123 Å². The number of fused-ring (bicyclic) bond motifs is 6. The number of aliphatic hydroxyl groups excluding tert-OH is 2. The highest BCUT2D eigenvalue weighted by molar-refractivity contribution is 8.14. The molecule has 0 aromatic carbocycles. The lowest BCUT2D eigenvalue weighted by Gasteiger charge is -2.57. The number of allylic oxidation sites excluding steroid dienone is 2. The Kier molecular flexibility index (Phi) is 17.0. The lowest BCUT2D eigenvalue weighted by atomic mass is 9.47. The van der Waals surface area contributed by atoms with Gasteiger partial charge in [0.05, 0.1) is 27.4 Å². The molecule has 0 spiro atoms. The summed E-state index contributed by atoms with van der Waals surface area (Å²) >= 11 is 1.13. The van der Waals surface area contributed by atoms with Crippen molar-refractivity contribution in [3.8, 4) is 0 Å². The molecule has 0 radical (unpaired) electrons. The van der Waals surface area contributed by atoms with Crippen LogP contribution >= 0.6 is 35.2 Å². The summed E-state index contributed by atoms with van der Waals surface area (Å²) in [5.41, 5.74) is 7.43. The van der Waals surface area contributed by atoms with E-state index in [1.807, 2.05) is 13.0 Å². The summed E-state index contributed by atoms with van der Waals surface area (Å²) in [6, 6.07) is 0. The lowest BCUT2D eigenvalue weighted by Crippen LogP contribution is -2.49. The highest BCUT2D eigenvalue weighted by Gasteiger charge is 2.58. The Morgan fingerprint density at radius 1 is 0.986 bits per heavy atom. The summed E-state index contributed by atoms with van der Waals surface area (Å²) in [6.45, 7) is 6.66. The van der Waals surface area contributed by atoms with Gasteiger partial charge in [0.1, 0.15) is 36.3 Å². The molecule has 4 aliphatic carbocycles. The molecule has 1 saturated heterocycles. The van der Waals surface area contributed by atoms with Crippen LogP contribution in [0.1, 0.15) is 98.6 Å². The molecule has 29 heteroatoms. The quantitative estimate of drug-likeness (QED) is 0.0701. The van der Waals surface area contributed by atoms with Crippen molar-refractivity contribution < 1.29 is 85.3 Å². The van der Waals surface area contributed by atoms with Gasteiger partial charge in [-0.2, -0.15) is 0 Å². The number of nitrogens with one attached hydrogen (secondary N) is 2. The normalized spacial score (nSPS) is 31.3. The highest BCUT2D eigenvalue weighted by atomic mass is 32.2. The van der Waals surface area contributed by atoms with Gasteiger partial charge in [-0.3, -0.25) is 32.9 Å². The number of anilines is 1. The maximum atomic E-state index is 13.5. The first-order valence-corrected chi connectivity index (χ1v) is 28.9. The molecule has 12 atom stereocenters. The zero-order valence-corrected chi connectivity index (χ0v) is 43.8. The molecular weight excluding hydrogens is 1030 g/mol. The molecule has 2 unspecified atom stereocenters. The molecule has 0 bridgehead atoms. The van der Waals surface area contributed by atoms with E-state index in [1.165, 1.54) is 25.0 Å². The van der Waals surface area contributed by atoms with Crippen LogP contribution in [-0.2, 0) is 55.5 Å². The number of ether oxygens (including phenoxy) is 1. The van der Waals surface area contributed by atoms with Gasteiger partial charge in [0, 0.05) is 42.7 Å². The number of amides is 2. The molecule has 7 rings (SSSR count). The van der Waals surface area contributed by atoms with E-state index >= 15 is 0 Å². The second-order valence-electron chi connectivity index (χ2n) is 20.2. The van der Waals surface area contributed by atoms with Crippen LogP contribution in [0.3, 0.4) is 0 Å². The summed E-state index contributed by atoms with van der Waals surface area (Å²) in [5.74, 6) is 0.606. The molecule has 400 valence electrons. The topological polar surface area (TPSA) is 392 Å².